The van der Waals surface area contributed by atoms with Crippen LogP contribution in [0.4, 0.5) is 5.69 Å². The third-order valence-electron chi connectivity index (χ3n) is 5.07. The molecule has 1 aromatic carbocycles. The van der Waals surface area contributed by atoms with Gasteiger partial charge in [0.2, 0.25) is 11.8 Å². The smallest absolute Gasteiger partial charge is 0.229 e. The Morgan fingerprint density at radius 3 is 2.75 bits per heavy atom. The van der Waals surface area contributed by atoms with Crippen LogP contribution < -0.4 is 4.90 Å². The van der Waals surface area contributed by atoms with Crippen LogP contribution in [-0.2, 0) is 16.0 Å². The first-order valence-electron chi connectivity index (χ1n) is 8.41. The highest BCUT2D eigenvalue weighted by atomic mass is 32.1. The number of rotatable bonds is 4. The standard InChI is InChI=1S/C19H20N2O2S/c22-18(7-6-14-4-2-1-3-5-14)20-10-8-16-17(20)12-19(23)21(16)15-9-11-24-13-15/h1-5,9,11,13,16-17H,6-8,10,12H2/t16-,17+/m1/s1. The van der Waals surface area contributed by atoms with Crippen LogP contribution in [0.5, 0.6) is 0 Å². The lowest BCUT2D eigenvalue weighted by molar-refractivity contribution is -0.132. The number of carbonyl (C=O) groups excluding carboxylic acids is 2. The number of anilines is 1. The van der Waals surface area contributed by atoms with Crippen molar-refractivity contribution in [2.45, 2.75) is 37.8 Å². The maximum absolute atomic E-state index is 12.7. The van der Waals surface area contributed by atoms with Gasteiger partial charge in [0.05, 0.1) is 17.8 Å². The molecule has 2 aliphatic rings. The number of hydrogen-bond acceptors (Lipinski definition) is 3. The van der Waals surface area contributed by atoms with E-state index in [4.69, 9.17) is 0 Å². The van der Waals surface area contributed by atoms with Gasteiger partial charge in [-0.25, -0.2) is 0 Å². The first-order valence-corrected chi connectivity index (χ1v) is 9.36. The van der Waals surface area contributed by atoms with E-state index in [0.29, 0.717) is 12.8 Å². The number of aryl methyl sites for hydroxylation is 1. The molecule has 3 heterocycles. The van der Waals surface area contributed by atoms with Gasteiger partial charge in [0.25, 0.3) is 0 Å². The van der Waals surface area contributed by atoms with Crippen molar-refractivity contribution in [2.75, 3.05) is 11.4 Å². The van der Waals surface area contributed by atoms with Crippen molar-refractivity contribution in [1.82, 2.24) is 4.90 Å². The average Bonchev–Trinajstić information content (AvgIpc) is 3.30. The number of carbonyl (C=O) groups is 2. The molecule has 0 radical (unpaired) electrons. The molecule has 0 unspecified atom stereocenters. The van der Waals surface area contributed by atoms with Gasteiger partial charge in [-0.15, -0.1) is 0 Å². The van der Waals surface area contributed by atoms with E-state index >= 15 is 0 Å². The molecule has 2 atom stereocenters. The zero-order chi connectivity index (χ0) is 16.5. The molecule has 5 heteroatoms. The molecule has 1 aromatic heterocycles. The summed E-state index contributed by atoms with van der Waals surface area (Å²) >= 11 is 1.60. The van der Waals surface area contributed by atoms with Gasteiger partial charge >= 0.3 is 0 Å². The van der Waals surface area contributed by atoms with E-state index in [1.54, 1.807) is 11.3 Å². The summed E-state index contributed by atoms with van der Waals surface area (Å²) in [5, 5.41) is 4.01. The van der Waals surface area contributed by atoms with Crippen LogP contribution in [0.25, 0.3) is 0 Å². The van der Waals surface area contributed by atoms with Crippen LogP contribution in [0.3, 0.4) is 0 Å². The Kier molecular flexibility index (Phi) is 4.10. The molecule has 0 bridgehead atoms. The van der Waals surface area contributed by atoms with Gasteiger partial charge in [-0.1, -0.05) is 30.3 Å². The van der Waals surface area contributed by atoms with Crippen molar-refractivity contribution in [3.63, 3.8) is 0 Å². The van der Waals surface area contributed by atoms with Crippen molar-refractivity contribution in [2.24, 2.45) is 0 Å². The van der Waals surface area contributed by atoms with Gasteiger partial charge in [-0.2, -0.15) is 11.3 Å². The highest BCUT2D eigenvalue weighted by molar-refractivity contribution is 7.08. The molecule has 4 nitrogen and oxygen atoms in total. The van der Waals surface area contributed by atoms with E-state index < -0.39 is 0 Å². The van der Waals surface area contributed by atoms with Crippen molar-refractivity contribution >= 4 is 28.8 Å². The fraction of sp³-hybridized carbons (Fsp3) is 0.368. The van der Waals surface area contributed by atoms with E-state index in [9.17, 15) is 9.59 Å². The molecule has 2 saturated heterocycles. The van der Waals surface area contributed by atoms with Crippen LogP contribution in [0, 0.1) is 0 Å². The lowest BCUT2D eigenvalue weighted by atomic mass is 10.1. The molecule has 0 saturated carbocycles. The second-order valence-corrected chi connectivity index (χ2v) is 7.23. The van der Waals surface area contributed by atoms with Crippen molar-refractivity contribution in [1.29, 1.82) is 0 Å². The number of hydrogen-bond donors (Lipinski definition) is 0. The van der Waals surface area contributed by atoms with Crippen LogP contribution in [0.1, 0.15) is 24.8 Å². The summed E-state index contributed by atoms with van der Waals surface area (Å²) in [5.41, 5.74) is 2.17. The summed E-state index contributed by atoms with van der Waals surface area (Å²) in [5.74, 6) is 0.315. The van der Waals surface area contributed by atoms with Crippen LogP contribution in [0.15, 0.2) is 47.2 Å². The van der Waals surface area contributed by atoms with Gasteiger partial charge < -0.3 is 9.80 Å². The molecular weight excluding hydrogens is 320 g/mol. The number of likely N-dealkylation sites (tertiary alicyclic amines) is 1. The lowest BCUT2D eigenvalue weighted by Gasteiger charge is -2.25. The summed E-state index contributed by atoms with van der Waals surface area (Å²) in [6.07, 6.45) is 2.61. The number of benzene rings is 1. The Morgan fingerprint density at radius 1 is 1.17 bits per heavy atom. The topological polar surface area (TPSA) is 40.6 Å². The molecule has 124 valence electrons. The van der Waals surface area contributed by atoms with E-state index in [-0.39, 0.29) is 23.9 Å². The number of nitrogens with zero attached hydrogens (tertiary/aromatic N) is 2. The van der Waals surface area contributed by atoms with Crippen molar-refractivity contribution < 1.29 is 9.59 Å². The summed E-state index contributed by atoms with van der Waals surface area (Å²) in [7, 11) is 0. The minimum absolute atomic E-state index is 0.0423. The highest BCUT2D eigenvalue weighted by Crippen LogP contribution is 2.37. The predicted molar refractivity (Wildman–Crippen MR) is 95.1 cm³/mol. The first kappa shape index (κ1) is 15.4. The Hall–Kier alpha value is -2.14. The second-order valence-electron chi connectivity index (χ2n) is 6.45. The van der Waals surface area contributed by atoms with Gasteiger partial charge in [0, 0.05) is 24.8 Å². The number of thiophene rings is 1. The normalized spacial score (nSPS) is 22.9. The molecule has 24 heavy (non-hydrogen) atoms. The lowest BCUT2D eigenvalue weighted by Crippen LogP contribution is -2.40. The summed E-state index contributed by atoms with van der Waals surface area (Å²) in [6.45, 7) is 0.761. The molecule has 4 rings (SSSR count). The monoisotopic (exact) mass is 340 g/mol. The molecule has 0 N–H and O–H groups in total. The third kappa shape index (κ3) is 2.73. The molecule has 0 aliphatic carbocycles. The Bertz CT molecular complexity index is 729. The Labute approximate surface area is 145 Å². The minimum atomic E-state index is 0.0423. The molecular formula is C19H20N2O2S. The highest BCUT2D eigenvalue weighted by Gasteiger charge is 2.48. The van der Waals surface area contributed by atoms with E-state index in [0.717, 1.165) is 25.1 Å². The number of fused-ring (bicyclic) bond motifs is 1. The summed E-state index contributed by atoms with van der Waals surface area (Å²) in [4.78, 5) is 28.9. The van der Waals surface area contributed by atoms with Gasteiger partial charge in [-0.3, -0.25) is 9.59 Å². The Morgan fingerprint density at radius 2 is 2.00 bits per heavy atom. The van der Waals surface area contributed by atoms with Gasteiger partial charge in [-0.05, 0) is 29.9 Å². The fourth-order valence-corrected chi connectivity index (χ4v) is 4.55. The quantitative estimate of drug-likeness (QED) is 0.858. The maximum atomic E-state index is 12.7. The van der Waals surface area contributed by atoms with Crippen LogP contribution >= 0.6 is 11.3 Å². The average molecular weight is 340 g/mol. The zero-order valence-corrected chi connectivity index (χ0v) is 14.2. The second kappa shape index (κ2) is 6.40. The van der Waals surface area contributed by atoms with Crippen molar-refractivity contribution in [3.05, 3.63) is 52.7 Å². The predicted octanol–water partition coefficient (Wildman–Crippen LogP) is 3.09. The number of amides is 2. The molecule has 2 aromatic rings. The summed E-state index contributed by atoms with van der Waals surface area (Å²) < 4.78 is 0. The largest absolute Gasteiger partial charge is 0.337 e. The van der Waals surface area contributed by atoms with E-state index in [2.05, 4.69) is 12.1 Å². The van der Waals surface area contributed by atoms with E-state index in [1.165, 1.54) is 5.56 Å². The molecule has 2 amide bonds. The fourth-order valence-electron chi connectivity index (χ4n) is 3.93. The minimum Gasteiger partial charge on any atom is -0.337 e. The SMILES string of the molecule is O=C(CCc1ccccc1)N1CC[C@@H]2[C@@H]1CC(=O)N2c1ccsc1. The van der Waals surface area contributed by atoms with E-state index in [1.807, 2.05) is 44.8 Å². The maximum Gasteiger partial charge on any atom is 0.229 e. The van der Waals surface area contributed by atoms with Crippen molar-refractivity contribution in [3.8, 4) is 0 Å². The molecule has 0 spiro atoms. The third-order valence-corrected chi connectivity index (χ3v) is 5.74. The Balaban J connectivity index is 1.43. The molecule has 2 aliphatic heterocycles. The van der Waals surface area contributed by atoms with Gasteiger partial charge in [0.15, 0.2) is 0 Å². The summed E-state index contributed by atoms with van der Waals surface area (Å²) in [6, 6.07) is 12.3. The first-order chi connectivity index (χ1) is 11.7. The van der Waals surface area contributed by atoms with Gasteiger partial charge in [0.1, 0.15) is 0 Å². The zero-order valence-electron chi connectivity index (χ0n) is 13.4. The molecule has 2 fully saturated rings. The van der Waals surface area contributed by atoms with Crippen LogP contribution in [0.2, 0.25) is 0 Å². The van der Waals surface area contributed by atoms with Crippen LogP contribution in [-0.4, -0.2) is 35.3 Å².